The van der Waals surface area contributed by atoms with E-state index in [4.69, 9.17) is 10.5 Å². The van der Waals surface area contributed by atoms with Crippen LogP contribution in [-0.2, 0) is 9.53 Å². The maximum absolute atomic E-state index is 11.9. The SMILES string of the molecule is CC(CN)CC(=O)N(C)CC1(O)CCOCC1. The highest BCUT2D eigenvalue weighted by molar-refractivity contribution is 5.76. The van der Waals surface area contributed by atoms with Gasteiger partial charge in [-0.05, 0) is 12.5 Å². The van der Waals surface area contributed by atoms with Gasteiger partial charge in [-0.25, -0.2) is 0 Å². The lowest BCUT2D eigenvalue weighted by molar-refractivity contribution is -0.137. The van der Waals surface area contributed by atoms with E-state index in [0.29, 0.717) is 45.6 Å². The van der Waals surface area contributed by atoms with Crippen molar-refractivity contribution in [1.82, 2.24) is 4.90 Å². The maximum atomic E-state index is 11.9. The highest BCUT2D eigenvalue weighted by atomic mass is 16.5. The van der Waals surface area contributed by atoms with E-state index in [1.165, 1.54) is 0 Å². The average molecular weight is 244 g/mol. The first kappa shape index (κ1) is 14.4. The van der Waals surface area contributed by atoms with Crippen molar-refractivity contribution in [3.05, 3.63) is 0 Å². The maximum Gasteiger partial charge on any atom is 0.222 e. The second-order valence-electron chi connectivity index (χ2n) is 5.13. The molecular weight excluding hydrogens is 220 g/mol. The highest BCUT2D eigenvalue weighted by Gasteiger charge is 2.32. The molecule has 0 spiro atoms. The van der Waals surface area contributed by atoms with Gasteiger partial charge in [0.25, 0.3) is 0 Å². The lowest BCUT2D eigenvalue weighted by atomic mass is 9.93. The Kier molecular flexibility index (Phi) is 5.36. The van der Waals surface area contributed by atoms with Crippen LogP contribution in [0.4, 0.5) is 0 Å². The van der Waals surface area contributed by atoms with Crippen LogP contribution in [0.2, 0.25) is 0 Å². The number of hydrogen-bond donors (Lipinski definition) is 2. The van der Waals surface area contributed by atoms with Crippen LogP contribution in [-0.4, -0.2) is 54.9 Å². The molecule has 17 heavy (non-hydrogen) atoms. The predicted octanol–water partition coefficient (Wildman–Crippen LogP) is -0.0288. The molecular formula is C12H24N2O3. The van der Waals surface area contributed by atoms with E-state index in [1.54, 1.807) is 11.9 Å². The fourth-order valence-electron chi connectivity index (χ4n) is 1.98. The Bertz CT molecular complexity index is 252. The van der Waals surface area contributed by atoms with Gasteiger partial charge in [-0.15, -0.1) is 0 Å². The van der Waals surface area contributed by atoms with Crippen LogP contribution in [0.25, 0.3) is 0 Å². The molecule has 1 heterocycles. The molecule has 0 aliphatic carbocycles. The van der Waals surface area contributed by atoms with Gasteiger partial charge in [0.2, 0.25) is 5.91 Å². The molecule has 1 atom stereocenters. The van der Waals surface area contributed by atoms with Crippen LogP contribution in [0.5, 0.6) is 0 Å². The first-order valence-corrected chi connectivity index (χ1v) is 6.21. The zero-order valence-corrected chi connectivity index (χ0v) is 10.8. The van der Waals surface area contributed by atoms with E-state index >= 15 is 0 Å². The number of amides is 1. The van der Waals surface area contributed by atoms with Crippen molar-refractivity contribution in [2.24, 2.45) is 11.7 Å². The number of likely N-dealkylation sites (N-methyl/N-ethyl adjacent to an activating group) is 1. The molecule has 0 aromatic heterocycles. The van der Waals surface area contributed by atoms with E-state index in [2.05, 4.69) is 0 Å². The Morgan fingerprint density at radius 3 is 2.65 bits per heavy atom. The van der Waals surface area contributed by atoms with Crippen LogP contribution in [0, 0.1) is 5.92 Å². The molecule has 1 aliphatic heterocycles. The van der Waals surface area contributed by atoms with E-state index in [-0.39, 0.29) is 11.8 Å². The molecule has 1 aliphatic rings. The number of nitrogens with zero attached hydrogens (tertiary/aromatic N) is 1. The molecule has 1 fully saturated rings. The Labute approximate surface area is 103 Å². The van der Waals surface area contributed by atoms with Gasteiger partial charge >= 0.3 is 0 Å². The fraction of sp³-hybridized carbons (Fsp3) is 0.917. The second kappa shape index (κ2) is 6.33. The number of rotatable bonds is 5. The lowest BCUT2D eigenvalue weighted by Crippen LogP contribution is -2.47. The van der Waals surface area contributed by atoms with Crippen LogP contribution in [0.3, 0.4) is 0 Å². The molecule has 0 aromatic carbocycles. The van der Waals surface area contributed by atoms with Crippen LogP contribution < -0.4 is 5.73 Å². The zero-order chi connectivity index (χ0) is 12.9. The molecule has 0 aromatic rings. The molecule has 3 N–H and O–H groups in total. The quantitative estimate of drug-likeness (QED) is 0.712. The minimum absolute atomic E-state index is 0.0443. The van der Waals surface area contributed by atoms with E-state index < -0.39 is 5.60 Å². The van der Waals surface area contributed by atoms with Gasteiger partial charge in [0.15, 0.2) is 0 Å². The number of hydrogen-bond acceptors (Lipinski definition) is 4. The summed E-state index contributed by atoms with van der Waals surface area (Å²) in [6.45, 7) is 3.98. The summed E-state index contributed by atoms with van der Waals surface area (Å²) in [5.41, 5.74) is 4.71. The second-order valence-corrected chi connectivity index (χ2v) is 5.13. The predicted molar refractivity (Wildman–Crippen MR) is 65.5 cm³/mol. The monoisotopic (exact) mass is 244 g/mol. The van der Waals surface area contributed by atoms with Crippen molar-refractivity contribution in [2.75, 3.05) is 33.4 Å². The summed E-state index contributed by atoms with van der Waals surface area (Å²) >= 11 is 0. The summed E-state index contributed by atoms with van der Waals surface area (Å²) in [5, 5.41) is 10.3. The van der Waals surface area contributed by atoms with Crippen molar-refractivity contribution in [2.45, 2.75) is 31.8 Å². The highest BCUT2D eigenvalue weighted by Crippen LogP contribution is 2.21. The zero-order valence-electron chi connectivity index (χ0n) is 10.8. The molecule has 1 saturated heterocycles. The molecule has 1 amide bonds. The third kappa shape index (κ3) is 4.61. The summed E-state index contributed by atoms with van der Waals surface area (Å²) < 4.78 is 5.21. The lowest BCUT2D eigenvalue weighted by Gasteiger charge is -2.35. The first-order chi connectivity index (χ1) is 7.97. The molecule has 5 nitrogen and oxygen atoms in total. The summed E-state index contributed by atoms with van der Waals surface area (Å²) in [7, 11) is 1.74. The molecule has 1 rings (SSSR count). The number of aliphatic hydroxyl groups is 1. The Hall–Kier alpha value is -0.650. The molecule has 5 heteroatoms. The van der Waals surface area contributed by atoms with Crippen molar-refractivity contribution in [3.8, 4) is 0 Å². The van der Waals surface area contributed by atoms with Crippen molar-refractivity contribution < 1.29 is 14.6 Å². The minimum Gasteiger partial charge on any atom is -0.388 e. The molecule has 100 valence electrons. The van der Waals surface area contributed by atoms with Crippen molar-refractivity contribution in [1.29, 1.82) is 0 Å². The van der Waals surface area contributed by atoms with Gasteiger partial charge in [-0.2, -0.15) is 0 Å². The summed E-state index contributed by atoms with van der Waals surface area (Å²) in [6, 6.07) is 0. The number of nitrogens with two attached hydrogens (primary N) is 1. The standard InChI is InChI=1S/C12H24N2O3/c1-10(8-13)7-11(15)14(2)9-12(16)3-5-17-6-4-12/h10,16H,3-9,13H2,1-2H3. The van der Waals surface area contributed by atoms with Gasteiger partial charge in [-0.1, -0.05) is 6.92 Å². The van der Waals surface area contributed by atoms with E-state index in [1.807, 2.05) is 6.92 Å². The normalized spacial score (nSPS) is 20.9. The summed E-state index contributed by atoms with van der Waals surface area (Å²) in [5.74, 6) is 0.233. The van der Waals surface area contributed by atoms with Crippen molar-refractivity contribution >= 4 is 5.91 Å². The average Bonchev–Trinajstić information content (AvgIpc) is 2.29. The fourth-order valence-corrected chi connectivity index (χ4v) is 1.98. The first-order valence-electron chi connectivity index (χ1n) is 6.21. The molecule has 0 bridgehead atoms. The Morgan fingerprint density at radius 2 is 2.12 bits per heavy atom. The van der Waals surface area contributed by atoms with Crippen LogP contribution in [0.1, 0.15) is 26.2 Å². The number of carbonyl (C=O) groups excluding carboxylic acids is 1. The van der Waals surface area contributed by atoms with E-state index in [0.717, 1.165) is 0 Å². The van der Waals surface area contributed by atoms with Gasteiger partial charge in [0.05, 0.1) is 5.60 Å². The third-order valence-corrected chi connectivity index (χ3v) is 3.31. The van der Waals surface area contributed by atoms with Crippen molar-refractivity contribution in [3.63, 3.8) is 0 Å². The van der Waals surface area contributed by atoms with E-state index in [9.17, 15) is 9.90 Å². The largest absolute Gasteiger partial charge is 0.388 e. The summed E-state index contributed by atoms with van der Waals surface area (Å²) in [4.78, 5) is 13.5. The summed E-state index contributed by atoms with van der Waals surface area (Å²) in [6.07, 6.45) is 1.63. The Morgan fingerprint density at radius 1 is 1.53 bits per heavy atom. The smallest absolute Gasteiger partial charge is 0.222 e. The Balaban J connectivity index is 2.41. The van der Waals surface area contributed by atoms with Gasteiger partial charge in [0, 0.05) is 46.1 Å². The molecule has 0 radical (unpaired) electrons. The topological polar surface area (TPSA) is 75.8 Å². The van der Waals surface area contributed by atoms with Crippen LogP contribution >= 0.6 is 0 Å². The number of carbonyl (C=O) groups is 1. The molecule has 1 unspecified atom stereocenters. The molecule has 0 saturated carbocycles. The third-order valence-electron chi connectivity index (χ3n) is 3.31. The van der Waals surface area contributed by atoms with Gasteiger partial charge < -0.3 is 20.5 Å². The number of ether oxygens (including phenoxy) is 1. The van der Waals surface area contributed by atoms with Gasteiger partial charge in [0.1, 0.15) is 0 Å². The minimum atomic E-state index is -0.783. The van der Waals surface area contributed by atoms with Gasteiger partial charge in [-0.3, -0.25) is 4.79 Å². The van der Waals surface area contributed by atoms with Crippen LogP contribution in [0.15, 0.2) is 0 Å².